The van der Waals surface area contributed by atoms with Crippen LogP contribution in [-0.2, 0) is 20.6 Å². The first-order chi connectivity index (χ1) is 11.7. The molecule has 140 valence electrons. The third-order valence-corrected chi connectivity index (χ3v) is 6.88. The average Bonchev–Trinajstić information content (AvgIpc) is 2.57. The van der Waals surface area contributed by atoms with E-state index >= 15 is 0 Å². The van der Waals surface area contributed by atoms with Crippen molar-refractivity contribution in [1.29, 1.82) is 0 Å². The molecule has 1 fully saturated rings. The molecule has 0 spiro atoms. The van der Waals surface area contributed by atoms with Crippen LogP contribution < -0.4 is 5.32 Å². The van der Waals surface area contributed by atoms with Gasteiger partial charge in [0.2, 0.25) is 15.9 Å². The SMILES string of the molecule is CC[C@H](C)NC(=O)[C@H]1CCCN(S(=O)(=O)Cc2ccc(Cl)cc2Cl)C1. The van der Waals surface area contributed by atoms with E-state index in [4.69, 9.17) is 23.2 Å². The summed E-state index contributed by atoms with van der Waals surface area (Å²) >= 11 is 12.0. The highest BCUT2D eigenvalue weighted by atomic mass is 35.5. The van der Waals surface area contributed by atoms with E-state index in [9.17, 15) is 13.2 Å². The number of hydrogen-bond acceptors (Lipinski definition) is 3. The number of carbonyl (C=O) groups is 1. The molecule has 0 bridgehead atoms. The van der Waals surface area contributed by atoms with E-state index in [-0.39, 0.29) is 30.2 Å². The van der Waals surface area contributed by atoms with Crippen molar-refractivity contribution in [2.24, 2.45) is 5.92 Å². The molecule has 0 unspecified atom stereocenters. The van der Waals surface area contributed by atoms with Crippen molar-refractivity contribution in [3.63, 3.8) is 0 Å². The Hall–Kier alpha value is -0.820. The van der Waals surface area contributed by atoms with Crippen LogP contribution in [0.5, 0.6) is 0 Å². The van der Waals surface area contributed by atoms with Crippen LogP contribution in [0, 0.1) is 5.92 Å². The van der Waals surface area contributed by atoms with Gasteiger partial charge in [0.15, 0.2) is 0 Å². The van der Waals surface area contributed by atoms with Gasteiger partial charge in [-0.05, 0) is 43.9 Å². The lowest BCUT2D eigenvalue weighted by molar-refractivity contribution is -0.126. The Morgan fingerprint density at radius 1 is 1.40 bits per heavy atom. The predicted octanol–water partition coefficient (Wildman–Crippen LogP) is 3.45. The van der Waals surface area contributed by atoms with Crippen LogP contribution in [0.15, 0.2) is 18.2 Å². The standard InChI is InChI=1S/C17H24Cl2N2O3S/c1-3-12(2)20-17(22)13-5-4-8-21(10-13)25(23,24)11-14-6-7-15(18)9-16(14)19/h6-7,9,12-13H,3-5,8,10-11H2,1-2H3,(H,20,22)/t12-,13-/m0/s1. The van der Waals surface area contributed by atoms with Crippen molar-refractivity contribution in [3.05, 3.63) is 33.8 Å². The Bertz CT molecular complexity index is 725. The molecule has 1 N–H and O–H groups in total. The first-order valence-electron chi connectivity index (χ1n) is 8.45. The van der Waals surface area contributed by atoms with Gasteiger partial charge in [0.1, 0.15) is 0 Å². The molecule has 1 saturated heterocycles. The first kappa shape index (κ1) is 20.5. The minimum absolute atomic E-state index is 0.0706. The molecule has 0 saturated carbocycles. The van der Waals surface area contributed by atoms with Gasteiger partial charge in [-0.15, -0.1) is 0 Å². The average molecular weight is 407 g/mol. The lowest BCUT2D eigenvalue weighted by Crippen LogP contribution is -2.47. The molecule has 0 aromatic heterocycles. The molecule has 0 radical (unpaired) electrons. The maximum absolute atomic E-state index is 12.7. The first-order valence-corrected chi connectivity index (χ1v) is 10.8. The number of halogens is 2. The van der Waals surface area contributed by atoms with E-state index in [0.29, 0.717) is 35.0 Å². The van der Waals surface area contributed by atoms with Gasteiger partial charge in [0.05, 0.1) is 11.7 Å². The van der Waals surface area contributed by atoms with E-state index in [1.165, 1.54) is 10.4 Å². The molecule has 0 aliphatic carbocycles. The normalized spacial score (nSPS) is 20.2. The van der Waals surface area contributed by atoms with Crippen LogP contribution in [0.1, 0.15) is 38.7 Å². The molecule has 2 atom stereocenters. The maximum atomic E-state index is 12.7. The van der Waals surface area contributed by atoms with Gasteiger partial charge in [-0.25, -0.2) is 12.7 Å². The summed E-state index contributed by atoms with van der Waals surface area (Å²) in [6, 6.07) is 4.87. The Morgan fingerprint density at radius 3 is 2.76 bits per heavy atom. The third kappa shape index (κ3) is 5.58. The molecular formula is C17H24Cl2N2O3S. The number of amides is 1. The second kappa shape index (κ2) is 8.71. The summed E-state index contributed by atoms with van der Waals surface area (Å²) in [4.78, 5) is 12.3. The lowest BCUT2D eigenvalue weighted by Gasteiger charge is -2.32. The van der Waals surface area contributed by atoms with Crippen LogP contribution in [-0.4, -0.2) is 37.8 Å². The highest BCUT2D eigenvalue weighted by molar-refractivity contribution is 7.88. The highest BCUT2D eigenvalue weighted by Gasteiger charge is 2.33. The number of benzene rings is 1. The zero-order valence-corrected chi connectivity index (χ0v) is 16.8. The van der Waals surface area contributed by atoms with Crippen molar-refractivity contribution < 1.29 is 13.2 Å². The number of carbonyl (C=O) groups excluding carboxylic acids is 1. The molecule has 1 aromatic rings. The van der Waals surface area contributed by atoms with Crippen molar-refractivity contribution in [1.82, 2.24) is 9.62 Å². The molecular weight excluding hydrogens is 383 g/mol. The van der Waals surface area contributed by atoms with Gasteiger partial charge < -0.3 is 5.32 Å². The van der Waals surface area contributed by atoms with E-state index in [2.05, 4.69) is 5.32 Å². The van der Waals surface area contributed by atoms with Crippen LogP contribution in [0.25, 0.3) is 0 Å². The van der Waals surface area contributed by atoms with Crippen molar-refractivity contribution >= 4 is 39.1 Å². The monoisotopic (exact) mass is 406 g/mol. The minimum atomic E-state index is -3.55. The van der Waals surface area contributed by atoms with E-state index < -0.39 is 10.0 Å². The van der Waals surface area contributed by atoms with Crippen LogP contribution in [0.4, 0.5) is 0 Å². The van der Waals surface area contributed by atoms with Crippen molar-refractivity contribution in [3.8, 4) is 0 Å². The van der Waals surface area contributed by atoms with E-state index in [1.54, 1.807) is 12.1 Å². The van der Waals surface area contributed by atoms with Gasteiger partial charge in [-0.3, -0.25) is 4.79 Å². The summed E-state index contributed by atoms with van der Waals surface area (Å²) in [5, 5.41) is 3.74. The summed E-state index contributed by atoms with van der Waals surface area (Å²) in [5.41, 5.74) is 0.511. The summed E-state index contributed by atoms with van der Waals surface area (Å²) in [6.45, 7) is 4.59. The molecule has 8 heteroatoms. The van der Waals surface area contributed by atoms with Gasteiger partial charge in [-0.2, -0.15) is 0 Å². The smallest absolute Gasteiger partial charge is 0.224 e. The number of sulfonamides is 1. The van der Waals surface area contributed by atoms with Gasteiger partial charge in [-0.1, -0.05) is 36.2 Å². The number of rotatable bonds is 6. The molecule has 1 heterocycles. The second-order valence-electron chi connectivity index (χ2n) is 6.51. The molecule has 1 amide bonds. The number of piperidine rings is 1. The van der Waals surface area contributed by atoms with Crippen LogP contribution >= 0.6 is 23.2 Å². The fraction of sp³-hybridized carbons (Fsp3) is 0.588. The zero-order valence-electron chi connectivity index (χ0n) is 14.5. The molecule has 2 rings (SSSR count). The quantitative estimate of drug-likeness (QED) is 0.786. The summed E-state index contributed by atoms with van der Waals surface area (Å²) in [6.07, 6.45) is 2.22. The Kier molecular flexibility index (Phi) is 7.14. The summed E-state index contributed by atoms with van der Waals surface area (Å²) < 4.78 is 26.9. The fourth-order valence-corrected chi connectivity index (χ4v) is 4.99. The Balaban J connectivity index is 2.07. The van der Waals surface area contributed by atoms with Crippen molar-refractivity contribution in [2.45, 2.75) is 44.9 Å². The fourth-order valence-electron chi connectivity index (χ4n) is 2.80. The topological polar surface area (TPSA) is 66.5 Å². The van der Waals surface area contributed by atoms with Crippen LogP contribution in [0.3, 0.4) is 0 Å². The molecule has 1 aliphatic rings. The number of nitrogens with zero attached hydrogens (tertiary/aromatic N) is 1. The maximum Gasteiger partial charge on any atom is 0.224 e. The number of nitrogens with one attached hydrogen (secondary N) is 1. The van der Waals surface area contributed by atoms with Gasteiger partial charge in [0.25, 0.3) is 0 Å². The second-order valence-corrected chi connectivity index (χ2v) is 9.32. The summed E-state index contributed by atoms with van der Waals surface area (Å²) in [7, 11) is -3.55. The molecule has 5 nitrogen and oxygen atoms in total. The summed E-state index contributed by atoms with van der Waals surface area (Å²) in [5.74, 6) is -0.570. The van der Waals surface area contributed by atoms with E-state index in [0.717, 1.165) is 6.42 Å². The Labute approximate surface area is 159 Å². The minimum Gasteiger partial charge on any atom is -0.353 e. The molecule has 25 heavy (non-hydrogen) atoms. The predicted molar refractivity (Wildman–Crippen MR) is 101 cm³/mol. The van der Waals surface area contributed by atoms with Gasteiger partial charge >= 0.3 is 0 Å². The van der Waals surface area contributed by atoms with Crippen molar-refractivity contribution in [2.75, 3.05) is 13.1 Å². The third-order valence-electron chi connectivity index (χ3n) is 4.50. The largest absolute Gasteiger partial charge is 0.353 e. The zero-order chi connectivity index (χ0) is 18.6. The highest BCUT2D eigenvalue weighted by Crippen LogP contribution is 2.26. The lowest BCUT2D eigenvalue weighted by atomic mass is 9.98. The van der Waals surface area contributed by atoms with Gasteiger partial charge in [0, 0.05) is 29.2 Å². The Morgan fingerprint density at radius 2 is 2.12 bits per heavy atom. The number of hydrogen-bond donors (Lipinski definition) is 1. The molecule has 1 aliphatic heterocycles. The van der Waals surface area contributed by atoms with E-state index in [1.807, 2.05) is 13.8 Å². The van der Waals surface area contributed by atoms with Crippen LogP contribution in [0.2, 0.25) is 10.0 Å². The molecule has 1 aromatic carbocycles.